The number of anilines is 1. The SMILES string of the molecule is COc1cccc2c1NC(=O)C2CN. The van der Waals surface area contributed by atoms with Gasteiger partial charge in [0.15, 0.2) is 0 Å². The lowest BCUT2D eigenvalue weighted by Gasteiger charge is -2.06. The highest BCUT2D eigenvalue weighted by Crippen LogP contribution is 2.38. The van der Waals surface area contributed by atoms with Crippen molar-refractivity contribution in [2.45, 2.75) is 5.92 Å². The number of hydrogen-bond donors (Lipinski definition) is 2. The first-order chi connectivity index (χ1) is 6.77. The zero-order chi connectivity index (χ0) is 10.1. The number of carbonyl (C=O) groups is 1. The highest BCUT2D eigenvalue weighted by molar-refractivity contribution is 6.04. The van der Waals surface area contributed by atoms with Crippen molar-refractivity contribution in [1.29, 1.82) is 0 Å². The van der Waals surface area contributed by atoms with E-state index in [1.165, 1.54) is 0 Å². The van der Waals surface area contributed by atoms with Crippen LogP contribution in [-0.4, -0.2) is 19.6 Å². The van der Waals surface area contributed by atoms with Crippen LogP contribution in [0.1, 0.15) is 11.5 Å². The minimum atomic E-state index is -0.236. The Morgan fingerprint density at radius 3 is 3.00 bits per heavy atom. The van der Waals surface area contributed by atoms with Gasteiger partial charge in [0, 0.05) is 6.54 Å². The maximum Gasteiger partial charge on any atom is 0.233 e. The molecule has 0 saturated carbocycles. The molecule has 1 aromatic carbocycles. The zero-order valence-corrected chi connectivity index (χ0v) is 7.91. The molecule has 0 fully saturated rings. The van der Waals surface area contributed by atoms with Crippen LogP contribution in [0.3, 0.4) is 0 Å². The molecule has 0 spiro atoms. The minimum absolute atomic E-state index is 0.0491. The van der Waals surface area contributed by atoms with Crippen LogP contribution in [0.2, 0.25) is 0 Å². The second-order valence-electron chi connectivity index (χ2n) is 3.20. The summed E-state index contributed by atoms with van der Waals surface area (Å²) in [6, 6.07) is 5.58. The monoisotopic (exact) mass is 192 g/mol. The van der Waals surface area contributed by atoms with Gasteiger partial charge in [-0.2, -0.15) is 0 Å². The predicted molar refractivity (Wildman–Crippen MR) is 53.4 cm³/mol. The molecule has 0 aliphatic carbocycles. The molecule has 1 amide bonds. The number of benzene rings is 1. The molecule has 1 aromatic rings. The number of ether oxygens (including phenoxy) is 1. The Labute approximate surface area is 82.1 Å². The van der Waals surface area contributed by atoms with Gasteiger partial charge in [-0.3, -0.25) is 4.79 Å². The van der Waals surface area contributed by atoms with E-state index in [-0.39, 0.29) is 11.8 Å². The number of nitrogens with two attached hydrogens (primary N) is 1. The van der Waals surface area contributed by atoms with Crippen LogP contribution in [0.25, 0.3) is 0 Å². The summed E-state index contributed by atoms with van der Waals surface area (Å²) in [6.07, 6.45) is 0. The Morgan fingerprint density at radius 1 is 1.57 bits per heavy atom. The molecule has 1 atom stereocenters. The number of rotatable bonds is 2. The Morgan fingerprint density at radius 2 is 2.36 bits per heavy atom. The first-order valence-corrected chi connectivity index (χ1v) is 4.45. The van der Waals surface area contributed by atoms with Crippen molar-refractivity contribution in [3.8, 4) is 5.75 Å². The molecule has 74 valence electrons. The van der Waals surface area contributed by atoms with E-state index in [1.54, 1.807) is 7.11 Å². The van der Waals surface area contributed by atoms with Gasteiger partial charge in [-0.1, -0.05) is 12.1 Å². The van der Waals surface area contributed by atoms with Crippen molar-refractivity contribution in [1.82, 2.24) is 0 Å². The van der Waals surface area contributed by atoms with Gasteiger partial charge in [0.2, 0.25) is 5.91 Å². The molecular formula is C10H12N2O2. The Balaban J connectivity index is 2.51. The van der Waals surface area contributed by atoms with Crippen LogP contribution in [-0.2, 0) is 4.79 Å². The van der Waals surface area contributed by atoms with Gasteiger partial charge >= 0.3 is 0 Å². The fourth-order valence-electron chi connectivity index (χ4n) is 1.73. The summed E-state index contributed by atoms with van der Waals surface area (Å²) in [5, 5.41) is 2.77. The molecule has 2 rings (SSSR count). The maximum atomic E-state index is 11.5. The second kappa shape index (κ2) is 3.31. The third kappa shape index (κ3) is 1.15. The van der Waals surface area contributed by atoms with Crippen LogP contribution in [0, 0.1) is 0 Å². The van der Waals surface area contributed by atoms with E-state index in [0.29, 0.717) is 12.3 Å². The molecule has 1 aliphatic heterocycles. The summed E-state index contributed by atoms with van der Waals surface area (Å²) in [6.45, 7) is 0.325. The van der Waals surface area contributed by atoms with Gasteiger partial charge in [-0.25, -0.2) is 0 Å². The molecule has 3 N–H and O–H groups in total. The number of nitrogens with one attached hydrogen (secondary N) is 1. The van der Waals surface area contributed by atoms with Gasteiger partial charge in [0.05, 0.1) is 18.7 Å². The second-order valence-corrected chi connectivity index (χ2v) is 3.20. The summed E-state index contributed by atoms with van der Waals surface area (Å²) >= 11 is 0. The zero-order valence-electron chi connectivity index (χ0n) is 7.91. The number of fused-ring (bicyclic) bond motifs is 1. The first kappa shape index (κ1) is 9.02. The number of amides is 1. The van der Waals surface area contributed by atoms with E-state index in [1.807, 2.05) is 18.2 Å². The molecule has 14 heavy (non-hydrogen) atoms. The Bertz CT molecular complexity index is 376. The van der Waals surface area contributed by atoms with E-state index in [2.05, 4.69) is 5.32 Å². The van der Waals surface area contributed by atoms with Gasteiger partial charge in [0.25, 0.3) is 0 Å². The van der Waals surface area contributed by atoms with Crippen molar-refractivity contribution >= 4 is 11.6 Å². The molecule has 4 nitrogen and oxygen atoms in total. The highest BCUT2D eigenvalue weighted by Gasteiger charge is 2.31. The lowest BCUT2D eigenvalue weighted by molar-refractivity contribution is -0.116. The third-order valence-electron chi connectivity index (χ3n) is 2.45. The van der Waals surface area contributed by atoms with Crippen LogP contribution >= 0.6 is 0 Å². The fourth-order valence-corrected chi connectivity index (χ4v) is 1.73. The topological polar surface area (TPSA) is 64.3 Å². The van der Waals surface area contributed by atoms with Crippen LogP contribution in [0.4, 0.5) is 5.69 Å². The largest absolute Gasteiger partial charge is 0.495 e. The lowest BCUT2D eigenvalue weighted by Crippen LogP contribution is -2.20. The number of carbonyl (C=O) groups excluding carboxylic acids is 1. The van der Waals surface area contributed by atoms with Crippen LogP contribution < -0.4 is 15.8 Å². The molecule has 0 bridgehead atoms. The quantitative estimate of drug-likeness (QED) is 0.724. The molecular weight excluding hydrogens is 180 g/mol. The van der Waals surface area contributed by atoms with Gasteiger partial charge < -0.3 is 15.8 Å². The summed E-state index contributed by atoms with van der Waals surface area (Å²) < 4.78 is 5.14. The van der Waals surface area contributed by atoms with E-state index in [4.69, 9.17) is 10.5 Å². The van der Waals surface area contributed by atoms with Crippen molar-refractivity contribution < 1.29 is 9.53 Å². The maximum absolute atomic E-state index is 11.5. The fraction of sp³-hybridized carbons (Fsp3) is 0.300. The first-order valence-electron chi connectivity index (χ1n) is 4.45. The van der Waals surface area contributed by atoms with Gasteiger partial charge in [-0.05, 0) is 11.6 Å². The van der Waals surface area contributed by atoms with E-state index >= 15 is 0 Å². The average Bonchev–Trinajstić information content (AvgIpc) is 2.52. The van der Waals surface area contributed by atoms with E-state index in [9.17, 15) is 4.79 Å². The van der Waals surface area contributed by atoms with Crippen molar-refractivity contribution in [3.63, 3.8) is 0 Å². The van der Waals surface area contributed by atoms with Crippen LogP contribution in [0.5, 0.6) is 5.75 Å². The number of para-hydroxylation sites is 1. The Kier molecular flexibility index (Phi) is 2.13. The third-order valence-corrected chi connectivity index (χ3v) is 2.45. The molecule has 0 aromatic heterocycles. The van der Waals surface area contributed by atoms with Crippen molar-refractivity contribution in [2.24, 2.45) is 5.73 Å². The van der Waals surface area contributed by atoms with Gasteiger partial charge in [0.1, 0.15) is 5.75 Å². The molecule has 1 heterocycles. The number of methoxy groups -OCH3 is 1. The summed E-state index contributed by atoms with van der Waals surface area (Å²) in [5.41, 5.74) is 7.22. The summed E-state index contributed by atoms with van der Waals surface area (Å²) in [4.78, 5) is 11.5. The van der Waals surface area contributed by atoms with E-state index in [0.717, 1.165) is 11.3 Å². The van der Waals surface area contributed by atoms with Crippen LogP contribution in [0.15, 0.2) is 18.2 Å². The smallest absolute Gasteiger partial charge is 0.233 e. The molecule has 0 saturated heterocycles. The highest BCUT2D eigenvalue weighted by atomic mass is 16.5. The normalized spacial score (nSPS) is 19.0. The summed E-state index contributed by atoms with van der Waals surface area (Å²) in [5.74, 6) is 0.402. The standard InChI is InChI=1S/C10H12N2O2/c1-14-8-4-2-3-6-7(5-11)10(13)12-9(6)8/h2-4,7H,5,11H2,1H3,(H,12,13). The number of hydrogen-bond acceptors (Lipinski definition) is 3. The predicted octanol–water partition coefficient (Wildman–Crippen LogP) is 0.690. The van der Waals surface area contributed by atoms with Crippen molar-refractivity contribution in [2.75, 3.05) is 19.0 Å². The minimum Gasteiger partial charge on any atom is -0.495 e. The molecule has 1 aliphatic rings. The lowest BCUT2D eigenvalue weighted by atomic mass is 10.0. The average molecular weight is 192 g/mol. The Hall–Kier alpha value is -1.55. The van der Waals surface area contributed by atoms with Crippen molar-refractivity contribution in [3.05, 3.63) is 23.8 Å². The van der Waals surface area contributed by atoms with Gasteiger partial charge in [-0.15, -0.1) is 0 Å². The molecule has 4 heteroatoms. The molecule has 0 radical (unpaired) electrons. The molecule has 1 unspecified atom stereocenters. The van der Waals surface area contributed by atoms with E-state index < -0.39 is 0 Å². The summed E-state index contributed by atoms with van der Waals surface area (Å²) in [7, 11) is 1.58.